The van der Waals surface area contributed by atoms with Gasteiger partial charge in [-0.25, -0.2) is 9.98 Å². The number of rotatable bonds is 5. The standard InChI is InChI=1S/C23H18N2O2S/c1-27-19-14-8-13-18(21(19)26)15-24-23-25-20(16-9-4-2-5-10-16)22(28-23)17-11-6-3-7-12-17/h2-15,26H,1H3. The van der Waals surface area contributed by atoms with Gasteiger partial charge in [-0.05, 0) is 17.7 Å². The lowest BCUT2D eigenvalue weighted by Gasteiger charge is -2.04. The van der Waals surface area contributed by atoms with Gasteiger partial charge >= 0.3 is 0 Å². The fraction of sp³-hybridized carbons (Fsp3) is 0.0435. The third-order valence-electron chi connectivity index (χ3n) is 4.26. The van der Waals surface area contributed by atoms with E-state index < -0.39 is 0 Å². The molecule has 0 saturated carbocycles. The highest BCUT2D eigenvalue weighted by Crippen LogP contribution is 2.40. The van der Waals surface area contributed by atoms with Crippen LogP contribution in [-0.4, -0.2) is 23.4 Å². The van der Waals surface area contributed by atoms with Crippen LogP contribution in [0, 0.1) is 0 Å². The lowest BCUT2D eigenvalue weighted by molar-refractivity contribution is 0.373. The smallest absolute Gasteiger partial charge is 0.210 e. The molecule has 3 aromatic carbocycles. The zero-order valence-corrected chi connectivity index (χ0v) is 16.1. The van der Waals surface area contributed by atoms with Crippen LogP contribution in [0.3, 0.4) is 0 Å². The fourth-order valence-electron chi connectivity index (χ4n) is 2.87. The Bertz CT molecular complexity index is 1050. The minimum atomic E-state index is 0.0665. The molecule has 0 saturated heterocycles. The number of aliphatic imine (C=N–C) groups is 1. The molecule has 0 atom stereocenters. The molecule has 0 aliphatic heterocycles. The summed E-state index contributed by atoms with van der Waals surface area (Å²) in [5.74, 6) is 0.481. The third kappa shape index (κ3) is 3.66. The van der Waals surface area contributed by atoms with Crippen molar-refractivity contribution in [1.82, 2.24) is 4.98 Å². The average Bonchev–Trinajstić information content (AvgIpc) is 3.19. The van der Waals surface area contributed by atoms with Gasteiger partial charge in [0.2, 0.25) is 5.13 Å². The van der Waals surface area contributed by atoms with Gasteiger partial charge in [0.25, 0.3) is 0 Å². The summed E-state index contributed by atoms with van der Waals surface area (Å²) < 4.78 is 5.15. The molecule has 5 heteroatoms. The summed E-state index contributed by atoms with van der Waals surface area (Å²) in [6.07, 6.45) is 1.61. The first-order valence-electron chi connectivity index (χ1n) is 8.78. The van der Waals surface area contributed by atoms with Crippen LogP contribution in [0.5, 0.6) is 11.5 Å². The largest absolute Gasteiger partial charge is 0.504 e. The average molecular weight is 386 g/mol. The Kier molecular flexibility index (Phi) is 5.17. The summed E-state index contributed by atoms with van der Waals surface area (Å²) in [6.45, 7) is 0. The number of aromatic nitrogens is 1. The van der Waals surface area contributed by atoms with Crippen LogP contribution in [0.4, 0.5) is 5.13 Å². The molecule has 0 bridgehead atoms. The number of thiazole rings is 1. The molecule has 1 heterocycles. The SMILES string of the molecule is COc1cccc(C=Nc2nc(-c3ccccc3)c(-c3ccccc3)s2)c1O. The van der Waals surface area contributed by atoms with Gasteiger partial charge in [0.15, 0.2) is 11.5 Å². The minimum Gasteiger partial charge on any atom is -0.504 e. The van der Waals surface area contributed by atoms with E-state index in [2.05, 4.69) is 17.1 Å². The molecule has 4 rings (SSSR count). The molecule has 1 aromatic heterocycles. The predicted molar refractivity (Wildman–Crippen MR) is 115 cm³/mol. The molecule has 0 radical (unpaired) electrons. The van der Waals surface area contributed by atoms with Crippen molar-refractivity contribution in [3.8, 4) is 33.2 Å². The van der Waals surface area contributed by atoms with Crippen LogP contribution in [0.2, 0.25) is 0 Å². The molecule has 138 valence electrons. The number of phenols is 1. The molecule has 28 heavy (non-hydrogen) atoms. The Balaban J connectivity index is 1.76. The van der Waals surface area contributed by atoms with Gasteiger partial charge < -0.3 is 9.84 Å². The van der Waals surface area contributed by atoms with Crippen LogP contribution in [0.15, 0.2) is 83.9 Å². The number of benzene rings is 3. The zero-order valence-electron chi connectivity index (χ0n) is 15.2. The number of para-hydroxylation sites is 1. The molecule has 4 nitrogen and oxygen atoms in total. The first kappa shape index (κ1) is 17.9. The van der Waals surface area contributed by atoms with Crippen molar-refractivity contribution < 1.29 is 9.84 Å². The fourth-order valence-corrected chi connectivity index (χ4v) is 3.81. The molecular formula is C23H18N2O2S. The zero-order chi connectivity index (χ0) is 19.3. The molecule has 0 amide bonds. The van der Waals surface area contributed by atoms with Gasteiger partial charge in [0.1, 0.15) is 0 Å². The summed E-state index contributed by atoms with van der Waals surface area (Å²) in [6, 6.07) is 25.5. The summed E-state index contributed by atoms with van der Waals surface area (Å²) in [4.78, 5) is 10.3. The minimum absolute atomic E-state index is 0.0665. The Hall–Kier alpha value is -3.44. The van der Waals surface area contributed by atoms with E-state index in [1.807, 2.05) is 54.6 Å². The van der Waals surface area contributed by atoms with E-state index in [1.54, 1.807) is 18.3 Å². The summed E-state index contributed by atoms with van der Waals surface area (Å²) in [5.41, 5.74) is 3.63. The highest BCUT2D eigenvalue weighted by atomic mass is 32.1. The second kappa shape index (κ2) is 8.06. The van der Waals surface area contributed by atoms with Crippen molar-refractivity contribution in [3.05, 3.63) is 84.4 Å². The van der Waals surface area contributed by atoms with Crippen LogP contribution in [-0.2, 0) is 0 Å². The molecule has 4 aromatic rings. The highest BCUT2D eigenvalue weighted by Gasteiger charge is 2.14. The first-order valence-corrected chi connectivity index (χ1v) is 9.59. The van der Waals surface area contributed by atoms with Gasteiger partial charge in [-0.2, -0.15) is 0 Å². The monoisotopic (exact) mass is 386 g/mol. The van der Waals surface area contributed by atoms with Gasteiger partial charge in [-0.1, -0.05) is 78.1 Å². The normalized spacial score (nSPS) is 11.0. The van der Waals surface area contributed by atoms with Gasteiger partial charge in [0, 0.05) is 17.3 Å². The first-order chi connectivity index (χ1) is 13.8. The van der Waals surface area contributed by atoms with E-state index in [9.17, 15) is 5.11 Å². The molecule has 0 unspecified atom stereocenters. The molecule has 1 N–H and O–H groups in total. The molecule has 0 fully saturated rings. The lowest BCUT2D eigenvalue weighted by atomic mass is 10.1. The number of phenolic OH excluding ortho intramolecular Hbond substituents is 1. The number of hydrogen-bond donors (Lipinski definition) is 1. The van der Waals surface area contributed by atoms with Crippen molar-refractivity contribution in [2.75, 3.05) is 7.11 Å². The maximum atomic E-state index is 10.2. The van der Waals surface area contributed by atoms with Crippen LogP contribution < -0.4 is 4.74 Å². The Labute approximate surface area is 167 Å². The Morgan fingerprint density at radius 1 is 0.893 bits per heavy atom. The van der Waals surface area contributed by atoms with Crippen molar-refractivity contribution in [2.24, 2.45) is 4.99 Å². The highest BCUT2D eigenvalue weighted by molar-refractivity contribution is 7.19. The lowest BCUT2D eigenvalue weighted by Crippen LogP contribution is -1.88. The predicted octanol–water partition coefficient (Wildman–Crippen LogP) is 5.94. The van der Waals surface area contributed by atoms with Crippen molar-refractivity contribution in [2.45, 2.75) is 0 Å². The number of nitrogens with zero attached hydrogens (tertiary/aromatic N) is 2. The van der Waals surface area contributed by atoms with Crippen LogP contribution in [0.1, 0.15) is 5.56 Å². The Morgan fingerprint density at radius 2 is 1.57 bits per heavy atom. The van der Waals surface area contributed by atoms with E-state index >= 15 is 0 Å². The van der Waals surface area contributed by atoms with Crippen LogP contribution in [0.25, 0.3) is 21.7 Å². The molecule has 0 aliphatic rings. The van der Waals surface area contributed by atoms with Crippen molar-refractivity contribution >= 4 is 22.7 Å². The van der Waals surface area contributed by atoms with Gasteiger partial charge in [-0.15, -0.1) is 0 Å². The van der Waals surface area contributed by atoms with Crippen LogP contribution >= 0.6 is 11.3 Å². The number of methoxy groups -OCH3 is 1. The maximum Gasteiger partial charge on any atom is 0.210 e. The Morgan fingerprint density at radius 3 is 2.25 bits per heavy atom. The molecule has 0 aliphatic carbocycles. The van der Waals surface area contributed by atoms with E-state index in [0.29, 0.717) is 16.4 Å². The van der Waals surface area contributed by atoms with E-state index in [4.69, 9.17) is 9.72 Å². The van der Waals surface area contributed by atoms with Crippen molar-refractivity contribution in [3.63, 3.8) is 0 Å². The molecule has 0 spiro atoms. The number of ether oxygens (including phenoxy) is 1. The van der Waals surface area contributed by atoms with Crippen molar-refractivity contribution in [1.29, 1.82) is 0 Å². The second-order valence-electron chi connectivity index (χ2n) is 6.06. The van der Waals surface area contributed by atoms with Gasteiger partial charge in [-0.3, -0.25) is 0 Å². The summed E-state index contributed by atoms with van der Waals surface area (Å²) in [5, 5.41) is 10.9. The number of aromatic hydroxyl groups is 1. The van der Waals surface area contributed by atoms with Gasteiger partial charge in [0.05, 0.1) is 17.7 Å². The number of hydrogen-bond acceptors (Lipinski definition) is 5. The van der Waals surface area contributed by atoms with E-state index in [1.165, 1.54) is 18.4 Å². The molecular weight excluding hydrogens is 368 g/mol. The quantitative estimate of drug-likeness (QED) is 0.432. The van der Waals surface area contributed by atoms with E-state index in [-0.39, 0.29) is 5.75 Å². The summed E-state index contributed by atoms with van der Waals surface area (Å²) in [7, 11) is 1.52. The van der Waals surface area contributed by atoms with E-state index in [0.717, 1.165) is 21.7 Å². The second-order valence-corrected chi connectivity index (χ2v) is 7.04. The third-order valence-corrected chi connectivity index (χ3v) is 5.28. The maximum absolute atomic E-state index is 10.2. The summed E-state index contributed by atoms with van der Waals surface area (Å²) >= 11 is 1.52. The topological polar surface area (TPSA) is 54.7 Å².